The van der Waals surface area contributed by atoms with Crippen molar-refractivity contribution in [2.75, 3.05) is 0 Å². The first-order chi connectivity index (χ1) is 8.99. The number of aromatic carboxylic acids is 1. The van der Waals surface area contributed by atoms with Crippen LogP contribution >= 0.6 is 0 Å². The number of aromatic nitrogens is 1. The molecule has 2 N–H and O–H groups in total. The maximum atomic E-state index is 12.1. The third kappa shape index (κ3) is 1.78. The molecule has 1 saturated carbocycles. The topological polar surface area (TPSA) is 79.0 Å². The average molecular weight is 259 g/mol. The summed E-state index contributed by atoms with van der Waals surface area (Å²) in [6, 6.07) is 3.07. The van der Waals surface area contributed by atoms with Crippen LogP contribution in [0.2, 0.25) is 0 Å². The summed E-state index contributed by atoms with van der Waals surface area (Å²) in [5.74, 6) is -0.962. The molecule has 5 nitrogen and oxygen atoms in total. The number of hydrogen-bond donors (Lipinski definition) is 2. The number of fused-ring (bicyclic) bond motifs is 1. The molecule has 0 amide bonds. The highest BCUT2D eigenvalue weighted by molar-refractivity contribution is 5.88. The maximum Gasteiger partial charge on any atom is 0.341 e. The van der Waals surface area contributed by atoms with Gasteiger partial charge in [0.25, 0.3) is 5.56 Å². The summed E-state index contributed by atoms with van der Waals surface area (Å²) in [4.78, 5) is 23.3. The molecule has 1 fully saturated rings. The van der Waals surface area contributed by atoms with Crippen molar-refractivity contribution in [3.63, 3.8) is 0 Å². The van der Waals surface area contributed by atoms with Gasteiger partial charge in [0.2, 0.25) is 0 Å². The van der Waals surface area contributed by atoms with Gasteiger partial charge in [-0.2, -0.15) is 0 Å². The van der Waals surface area contributed by atoms with Crippen LogP contribution in [0.25, 0.3) is 5.52 Å². The predicted octanol–water partition coefficient (Wildman–Crippen LogP) is 1.89. The number of aromatic hydroxyl groups is 1. The van der Waals surface area contributed by atoms with E-state index in [1.165, 1.54) is 16.7 Å². The smallest absolute Gasteiger partial charge is 0.341 e. The molecule has 0 radical (unpaired) electrons. The minimum Gasteiger partial charge on any atom is -0.506 e. The zero-order valence-corrected chi connectivity index (χ0v) is 10.4. The van der Waals surface area contributed by atoms with E-state index in [9.17, 15) is 14.7 Å². The molecule has 1 aliphatic carbocycles. The maximum absolute atomic E-state index is 12.1. The zero-order valence-electron chi connectivity index (χ0n) is 10.4. The molecule has 5 heteroatoms. The molecule has 0 aliphatic heterocycles. The van der Waals surface area contributed by atoms with E-state index < -0.39 is 11.5 Å². The number of hydrogen-bond acceptors (Lipinski definition) is 3. The number of rotatable bonds is 2. The van der Waals surface area contributed by atoms with Crippen LogP contribution in [-0.4, -0.2) is 20.6 Å². The first-order valence-electron chi connectivity index (χ1n) is 6.11. The Labute approximate surface area is 108 Å². The summed E-state index contributed by atoms with van der Waals surface area (Å²) in [6.07, 6.45) is 3.30. The molecule has 0 aromatic carbocycles. The molecular formula is C14H13NO4. The van der Waals surface area contributed by atoms with Crippen LogP contribution in [0, 0.1) is 6.92 Å². The lowest BCUT2D eigenvalue weighted by atomic mass is 10.0. The Morgan fingerprint density at radius 3 is 2.63 bits per heavy atom. The van der Waals surface area contributed by atoms with Crippen molar-refractivity contribution >= 4 is 11.5 Å². The summed E-state index contributed by atoms with van der Waals surface area (Å²) in [6.45, 7) is 1.81. The van der Waals surface area contributed by atoms with Crippen LogP contribution in [0.1, 0.15) is 40.2 Å². The fourth-order valence-corrected chi connectivity index (χ4v) is 2.52. The second-order valence-corrected chi connectivity index (χ2v) is 5.00. The molecule has 0 saturated heterocycles. The van der Waals surface area contributed by atoms with E-state index >= 15 is 0 Å². The monoisotopic (exact) mass is 259 g/mol. The standard InChI is InChI=1S/C14H13NO4/c1-7-4-9(16)6-15-12(7)10(8-2-3-8)5-11(13(15)17)14(18)19/h4-6,8,16H,2-3H2,1H3,(H,18,19). The van der Waals surface area contributed by atoms with Gasteiger partial charge in [0.15, 0.2) is 0 Å². The minimum atomic E-state index is -1.23. The van der Waals surface area contributed by atoms with Crippen molar-refractivity contribution in [2.24, 2.45) is 0 Å². The highest BCUT2D eigenvalue weighted by Gasteiger charge is 2.28. The van der Waals surface area contributed by atoms with E-state index in [1.807, 2.05) is 0 Å². The Morgan fingerprint density at radius 1 is 1.37 bits per heavy atom. The van der Waals surface area contributed by atoms with E-state index in [0.29, 0.717) is 5.92 Å². The molecule has 3 rings (SSSR count). The van der Waals surface area contributed by atoms with Crippen molar-refractivity contribution in [2.45, 2.75) is 25.7 Å². The van der Waals surface area contributed by atoms with Gasteiger partial charge in [0.05, 0.1) is 11.7 Å². The van der Waals surface area contributed by atoms with Crippen molar-refractivity contribution in [3.8, 4) is 5.75 Å². The van der Waals surface area contributed by atoms with Gasteiger partial charge in [-0.25, -0.2) is 4.79 Å². The average Bonchev–Trinajstić information content (AvgIpc) is 3.13. The number of pyridine rings is 2. The quantitative estimate of drug-likeness (QED) is 0.863. The molecule has 2 aromatic rings. The van der Waals surface area contributed by atoms with Crippen LogP contribution in [0.3, 0.4) is 0 Å². The van der Waals surface area contributed by atoms with Gasteiger partial charge in [-0.1, -0.05) is 0 Å². The molecule has 0 bridgehead atoms. The third-order valence-corrected chi connectivity index (χ3v) is 3.51. The van der Waals surface area contributed by atoms with Crippen molar-refractivity contribution in [1.29, 1.82) is 0 Å². The fraction of sp³-hybridized carbons (Fsp3) is 0.286. The normalized spacial score (nSPS) is 14.8. The van der Waals surface area contributed by atoms with Gasteiger partial charge >= 0.3 is 5.97 Å². The molecule has 1 aliphatic rings. The molecule has 0 atom stereocenters. The molecule has 0 unspecified atom stereocenters. The summed E-state index contributed by atoms with van der Waals surface area (Å²) in [5.41, 5.74) is 1.52. The molecule has 2 heterocycles. The fourth-order valence-electron chi connectivity index (χ4n) is 2.52. The van der Waals surface area contributed by atoms with Crippen molar-refractivity contribution in [3.05, 3.63) is 45.4 Å². The molecular weight excluding hydrogens is 246 g/mol. The molecule has 0 spiro atoms. The summed E-state index contributed by atoms with van der Waals surface area (Å²) in [5, 5.41) is 18.7. The van der Waals surface area contributed by atoms with E-state index in [4.69, 9.17) is 5.11 Å². The second kappa shape index (κ2) is 3.85. The van der Waals surface area contributed by atoms with E-state index in [0.717, 1.165) is 29.5 Å². The number of carboxylic acids is 1. The van der Waals surface area contributed by atoms with E-state index in [-0.39, 0.29) is 11.3 Å². The van der Waals surface area contributed by atoms with Gasteiger partial charge in [0, 0.05) is 0 Å². The van der Waals surface area contributed by atoms with Gasteiger partial charge in [0.1, 0.15) is 11.3 Å². The highest BCUT2D eigenvalue weighted by Crippen LogP contribution is 2.42. The third-order valence-electron chi connectivity index (χ3n) is 3.51. The first-order valence-corrected chi connectivity index (χ1v) is 6.11. The van der Waals surface area contributed by atoms with Gasteiger partial charge in [-0.05, 0) is 48.9 Å². The summed E-state index contributed by atoms with van der Waals surface area (Å²) in [7, 11) is 0. The van der Waals surface area contributed by atoms with Crippen molar-refractivity contribution in [1.82, 2.24) is 4.40 Å². The molecule has 2 aromatic heterocycles. The second-order valence-electron chi connectivity index (χ2n) is 5.00. The SMILES string of the molecule is Cc1cc(O)cn2c(=O)c(C(=O)O)cc(C3CC3)c12. The highest BCUT2D eigenvalue weighted by atomic mass is 16.4. The minimum absolute atomic E-state index is 0.0450. The largest absolute Gasteiger partial charge is 0.506 e. The van der Waals surface area contributed by atoms with Crippen LogP contribution in [-0.2, 0) is 0 Å². The Bertz CT molecular complexity index is 756. The Hall–Kier alpha value is -2.30. The van der Waals surface area contributed by atoms with Crippen LogP contribution in [0.15, 0.2) is 23.1 Å². The van der Waals surface area contributed by atoms with Gasteiger partial charge in [-0.3, -0.25) is 9.20 Å². The summed E-state index contributed by atoms with van der Waals surface area (Å²) >= 11 is 0. The van der Waals surface area contributed by atoms with Crippen LogP contribution in [0.5, 0.6) is 5.75 Å². The van der Waals surface area contributed by atoms with Crippen molar-refractivity contribution < 1.29 is 15.0 Å². The summed E-state index contributed by atoms with van der Waals surface area (Å²) < 4.78 is 1.25. The van der Waals surface area contributed by atoms with Gasteiger partial charge in [-0.15, -0.1) is 0 Å². The Morgan fingerprint density at radius 2 is 2.05 bits per heavy atom. The number of nitrogens with zero attached hydrogens (tertiary/aromatic N) is 1. The number of aryl methyl sites for hydroxylation is 1. The lowest BCUT2D eigenvalue weighted by Gasteiger charge is -2.12. The van der Waals surface area contributed by atoms with E-state index in [1.54, 1.807) is 13.0 Å². The molecule has 98 valence electrons. The lowest BCUT2D eigenvalue weighted by molar-refractivity contribution is 0.0694. The van der Waals surface area contributed by atoms with Gasteiger partial charge < -0.3 is 10.2 Å². The number of carboxylic acid groups (broad SMARTS) is 1. The van der Waals surface area contributed by atoms with Crippen LogP contribution < -0.4 is 5.56 Å². The first kappa shape index (κ1) is 11.8. The molecule has 19 heavy (non-hydrogen) atoms. The zero-order chi connectivity index (χ0) is 13.7. The number of carbonyl (C=O) groups is 1. The van der Waals surface area contributed by atoms with Crippen LogP contribution in [0.4, 0.5) is 0 Å². The Balaban J connectivity index is 2.49. The lowest BCUT2D eigenvalue weighted by Crippen LogP contribution is -2.23. The van der Waals surface area contributed by atoms with E-state index in [2.05, 4.69) is 0 Å². The Kier molecular flexibility index (Phi) is 2.38. The predicted molar refractivity (Wildman–Crippen MR) is 69.0 cm³/mol.